The Morgan fingerprint density at radius 2 is 1.37 bits per heavy atom. The fourth-order valence-corrected chi connectivity index (χ4v) is 3.93. The van der Waals surface area contributed by atoms with Crippen LogP contribution in [0.5, 0.6) is 0 Å². The van der Waals surface area contributed by atoms with Gasteiger partial charge in [-0.1, -0.05) is 72.8 Å². The van der Waals surface area contributed by atoms with Crippen molar-refractivity contribution in [2.24, 2.45) is 0 Å². The highest BCUT2D eigenvalue weighted by atomic mass is 15.5. The van der Waals surface area contributed by atoms with Crippen molar-refractivity contribution in [3.8, 4) is 0 Å². The van der Waals surface area contributed by atoms with Crippen molar-refractivity contribution >= 4 is 17.0 Å². The lowest BCUT2D eigenvalue weighted by molar-refractivity contribution is -0.686. The molecule has 1 aliphatic rings. The second-order valence-electron chi connectivity index (χ2n) is 7.17. The van der Waals surface area contributed by atoms with Crippen molar-refractivity contribution in [3.05, 3.63) is 96.1 Å². The van der Waals surface area contributed by atoms with Crippen LogP contribution in [0.2, 0.25) is 0 Å². The average molecular weight is 355 g/mol. The van der Waals surface area contributed by atoms with Gasteiger partial charge in [0, 0.05) is 6.54 Å². The van der Waals surface area contributed by atoms with E-state index in [-0.39, 0.29) is 0 Å². The summed E-state index contributed by atoms with van der Waals surface area (Å²) in [7, 11) is 0. The quantitative estimate of drug-likeness (QED) is 0.562. The predicted molar refractivity (Wildman–Crippen MR) is 108 cm³/mol. The molecule has 4 heteroatoms. The molecule has 3 aromatic carbocycles. The molecule has 0 aliphatic carbocycles. The molecule has 0 radical (unpaired) electrons. The lowest BCUT2D eigenvalue weighted by Gasteiger charge is -2.31. The third-order valence-corrected chi connectivity index (χ3v) is 5.17. The number of imidazole rings is 1. The number of aromatic amines is 1. The molecule has 1 aromatic heterocycles. The van der Waals surface area contributed by atoms with E-state index in [2.05, 4.69) is 104 Å². The van der Waals surface area contributed by atoms with E-state index in [1.807, 2.05) is 0 Å². The zero-order valence-corrected chi connectivity index (χ0v) is 15.3. The van der Waals surface area contributed by atoms with E-state index in [1.54, 1.807) is 0 Å². The normalized spacial score (nSPS) is 14.4. The smallest absolute Gasteiger partial charge is 0.247 e. The summed E-state index contributed by atoms with van der Waals surface area (Å²) in [6, 6.07) is 30.0. The molecule has 1 N–H and O–H groups in total. The first-order chi connectivity index (χ1) is 13.4. The largest absolute Gasteiger partial charge is 0.360 e. The molecule has 27 heavy (non-hydrogen) atoms. The van der Waals surface area contributed by atoms with Gasteiger partial charge in [0.15, 0.2) is 0 Å². The first kappa shape index (κ1) is 16.1. The maximum absolute atomic E-state index is 3.63. The van der Waals surface area contributed by atoms with Crippen molar-refractivity contribution in [1.82, 2.24) is 9.88 Å². The number of para-hydroxylation sites is 2. The summed E-state index contributed by atoms with van der Waals surface area (Å²) >= 11 is 0. The van der Waals surface area contributed by atoms with E-state index in [0.717, 1.165) is 26.4 Å². The van der Waals surface area contributed by atoms with Crippen LogP contribution in [0.4, 0.5) is 5.95 Å². The van der Waals surface area contributed by atoms with Crippen molar-refractivity contribution in [1.29, 1.82) is 0 Å². The van der Waals surface area contributed by atoms with Crippen LogP contribution in [-0.2, 0) is 19.8 Å². The van der Waals surface area contributed by atoms with Gasteiger partial charge in [-0.3, -0.25) is 0 Å². The summed E-state index contributed by atoms with van der Waals surface area (Å²) in [4.78, 5) is 8.56. The Morgan fingerprint density at radius 1 is 0.741 bits per heavy atom. The molecule has 4 nitrogen and oxygen atoms in total. The Balaban J connectivity index is 1.51. The van der Waals surface area contributed by atoms with Gasteiger partial charge in [0.05, 0.1) is 6.54 Å². The number of H-pyrrole nitrogens is 1. The van der Waals surface area contributed by atoms with Crippen molar-refractivity contribution < 1.29 is 4.57 Å². The zero-order valence-electron chi connectivity index (χ0n) is 15.3. The first-order valence-electron chi connectivity index (χ1n) is 9.42. The number of hydrogen-bond acceptors (Lipinski definition) is 2. The maximum atomic E-state index is 3.63. The van der Waals surface area contributed by atoms with Crippen LogP contribution in [0.1, 0.15) is 11.1 Å². The average Bonchev–Trinajstić information content (AvgIpc) is 3.09. The van der Waals surface area contributed by atoms with Gasteiger partial charge >= 0.3 is 5.95 Å². The Kier molecular flexibility index (Phi) is 4.11. The van der Waals surface area contributed by atoms with Crippen LogP contribution in [0, 0.1) is 0 Å². The fourth-order valence-electron chi connectivity index (χ4n) is 3.93. The van der Waals surface area contributed by atoms with Crippen LogP contribution in [0.15, 0.2) is 84.9 Å². The molecule has 0 fully saturated rings. The number of aromatic nitrogens is 2. The highest BCUT2D eigenvalue weighted by Gasteiger charge is 2.32. The van der Waals surface area contributed by atoms with Crippen molar-refractivity contribution in [3.63, 3.8) is 0 Å². The molecule has 134 valence electrons. The molecule has 0 atom stereocenters. The molecular weight excluding hydrogens is 332 g/mol. The van der Waals surface area contributed by atoms with Crippen LogP contribution in [0.25, 0.3) is 11.0 Å². The minimum Gasteiger partial charge on any atom is -0.247 e. The Bertz CT molecular complexity index is 1040. The molecule has 0 unspecified atom stereocenters. The topological polar surface area (TPSA) is 26.1 Å². The number of fused-ring (bicyclic) bond motifs is 3. The highest BCUT2D eigenvalue weighted by molar-refractivity contribution is 5.73. The Hall–Kier alpha value is -3.11. The van der Waals surface area contributed by atoms with Crippen LogP contribution >= 0.6 is 0 Å². The van der Waals surface area contributed by atoms with E-state index >= 15 is 0 Å². The van der Waals surface area contributed by atoms with Crippen LogP contribution in [-0.4, -0.2) is 16.6 Å². The number of anilines is 1. The number of hydrogen-bond donors (Lipinski definition) is 1. The minimum atomic E-state index is 0.888. The second kappa shape index (κ2) is 6.89. The predicted octanol–water partition coefficient (Wildman–Crippen LogP) is 3.89. The summed E-state index contributed by atoms with van der Waals surface area (Å²) in [5, 5.41) is 0. The molecular formula is C23H23N4+. The van der Waals surface area contributed by atoms with Gasteiger partial charge < -0.3 is 0 Å². The lowest BCUT2D eigenvalue weighted by atomic mass is 10.2. The molecule has 5 rings (SSSR count). The maximum Gasteiger partial charge on any atom is 0.360 e. The summed E-state index contributed by atoms with van der Waals surface area (Å²) in [6.07, 6.45) is 0. The summed E-state index contributed by atoms with van der Waals surface area (Å²) in [5.41, 5.74) is 5.11. The van der Waals surface area contributed by atoms with E-state index in [1.165, 1.54) is 28.1 Å². The molecule has 0 amide bonds. The SMILES string of the molecule is c1ccc(CN2CN(Cc3ccccc3)c3[nH]c4ccccc4[n+]3C2)cc1. The molecule has 4 aromatic rings. The number of benzene rings is 3. The molecule has 0 spiro atoms. The lowest BCUT2D eigenvalue weighted by Crippen LogP contribution is -2.56. The monoisotopic (exact) mass is 355 g/mol. The van der Waals surface area contributed by atoms with Gasteiger partial charge in [-0.05, 0) is 23.3 Å². The third kappa shape index (κ3) is 3.20. The molecule has 1 aliphatic heterocycles. The standard InChI is InChI=1S/C23H22N4/c1-3-9-19(10-4-1)15-25-17-26(16-20-11-5-2-6-12-20)23-24-21-13-7-8-14-22(21)27(23)18-25/h1-14H,15-18H2/p+1. The van der Waals surface area contributed by atoms with E-state index in [4.69, 9.17) is 0 Å². The summed E-state index contributed by atoms with van der Waals surface area (Å²) in [6.45, 7) is 3.62. The number of nitrogens with zero attached hydrogens (tertiary/aromatic N) is 3. The second-order valence-corrected chi connectivity index (χ2v) is 7.17. The molecule has 0 bridgehead atoms. The van der Waals surface area contributed by atoms with Gasteiger partial charge in [-0.2, -0.15) is 0 Å². The van der Waals surface area contributed by atoms with E-state index in [0.29, 0.717) is 0 Å². The third-order valence-electron chi connectivity index (χ3n) is 5.17. The van der Waals surface area contributed by atoms with Gasteiger partial charge in [0.1, 0.15) is 24.4 Å². The van der Waals surface area contributed by atoms with Gasteiger partial charge in [-0.25, -0.2) is 19.4 Å². The van der Waals surface area contributed by atoms with Gasteiger partial charge in [-0.15, -0.1) is 0 Å². The van der Waals surface area contributed by atoms with Crippen molar-refractivity contribution in [2.75, 3.05) is 11.6 Å². The molecule has 0 saturated carbocycles. The highest BCUT2D eigenvalue weighted by Crippen LogP contribution is 2.22. The number of nitrogens with one attached hydrogen (secondary N) is 1. The minimum absolute atomic E-state index is 0.888. The first-order valence-corrected chi connectivity index (χ1v) is 9.42. The van der Waals surface area contributed by atoms with E-state index < -0.39 is 0 Å². The van der Waals surface area contributed by atoms with Crippen LogP contribution in [0.3, 0.4) is 0 Å². The molecule has 0 saturated heterocycles. The molecule has 2 heterocycles. The van der Waals surface area contributed by atoms with E-state index in [9.17, 15) is 0 Å². The Morgan fingerprint density at radius 3 is 2.11 bits per heavy atom. The fraction of sp³-hybridized carbons (Fsp3) is 0.174. The van der Waals surface area contributed by atoms with Gasteiger partial charge in [0.2, 0.25) is 0 Å². The Labute approximate surface area is 159 Å². The summed E-state index contributed by atoms with van der Waals surface area (Å²) in [5.74, 6) is 1.18. The van der Waals surface area contributed by atoms with Crippen molar-refractivity contribution in [2.45, 2.75) is 19.8 Å². The van der Waals surface area contributed by atoms with Crippen LogP contribution < -0.4 is 9.47 Å². The van der Waals surface area contributed by atoms with Gasteiger partial charge in [0.25, 0.3) is 0 Å². The zero-order chi connectivity index (χ0) is 18.1. The number of rotatable bonds is 4. The summed E-state index contributed by atoms with van der Waals surface area (Å²) < 4.78 is 2.39.